The van der Waals surface area contributed by atoms with Crippen LogP contribution in [0.25, 0.3) is 0 Å². The van der Waals surface area contributed by atoms with E-state index in [2.05, 4.69) is 26.1 Å². The van der Waals surface area contributed by atoms with Gasteiger partial charge in [0.1, 0.15) is 0 Å². The van der Waals surface area contributed by atoms with E-state index in [4.69, 9.17) is 0 Å². The van der Waals surface area contributed by atoms with E-state index in [0.29, 0.717) is 29.8 Å². The largest absolute Gasteiger partial charge is 0.316 e. The van der Waals surface area contributed by atoms with E-state index in [9.17, 15) is 8.42 Å². The summed E-state index contributed by atoms with van der Waals surface area (Å²) >= 11 is 0. The third-order valence-electron chi connectivity index (χ3n) is 4.71. The quantitative estimate of drug-likeness (QED) is 0.907. The van der Waals surface area contributed by atoms with E-state index in [0.717, 1.165) is 18.7 Å². The maximum Gasteiger partial charge on any atom is 0.243 e. The lowest BCUT2D eigenvalue weighted by Crippen LogP contribution is -2.32. The van der Waals surface area contributed by atoms with Gasteiger partial charge in [0.05, 0.1) is 4.90 Å². The number of nitrogens with one attached hydrogen (secondary N) is 1. The summed E-state index contributed by atoms with van der Waals surface area (Å²) in [5.74, 6) is 0.960. The zero-order valence-electron chi connectivity index (χ0n) is 13.0. The Hall–Kier alpha value is -0.910. The molecule has 0 radical (unpaired) electrons. The third-order valence-corrected chi connectivity index (χ3v) is 6.56. The molecule has 0 saturated carbocycles. The van der Waals surface area contributed by atoms with E-state index in [-0.39, 0.29) is 5.41 Å². The van der Waals surface area contributed by atoms with Gasteiger partial charge in [-0.25, -0.2) is 8.42 Å². The molecule has 2 atom stereocenters. The second-order valence-corrected chi connectivity index (χ2v) is 9.21. The van der Waals surface area contributed by atoms with Crippen LogP contribution in [-0.2, 0) is 15.4 Å². The van der Waals surface area contributed by atoms with E-state index >= 15 is 0 Å². The number of sulfonamides is 1. The second kappa shape index (κ2) is 5.07. The molecule has 21 heavy (non-hydrogen) atoms. The fourth-order valence-corrected chi connectivity index (χ4v) is 4.84. The molecule has 2 unspecified atom stereocenters. The molecule has 1 N–H and O–H groups in total. The summed E-state index contributed by atoms with van der Waals surface area (Å²) in [4.78, 5) is 0.420. The van der Waals surface area contributed by atoms with Crippen LogP contribution in [0.2, 0.25) is 0 Å². The molecule has 0 spiro atoms. The second-order valence-electron chi connectivity index (χ2n) is 7.27. The van der Waals surface area contributed by atoms with E-state index in [1.165, 1.54) is 0 Å². The Balaban J connectivity index is 1.82. The SMILES string of the molecule is CC(C)(C)c1ccc(S(=O)(=O)N2CC3CNCC3C2)cc1. The summed E-state index contributed by atoms with van der Waals surface area (Å²) in [6.45, 7) is 9.59. The third kappa shape index (κ3) is 2.74. The van der Waals surface area contributed by atoms with Gasteiger partial charge in [0.2, 0.25) is 10.0 Å². The molecule has 1 aromatic rings. The summed E-state index contributed by atoms with van der Waals surface area (Å²) in [5, 5.41) is 3.34. The lowest BCUT2D eigenvalue weighted by Gasteiger charge is -2.21. The van der Waals surface area contributed by atoms with E-state index in [1.807, 2.05) is 12.1 Å². The van der Waals surface area contributed by atoms with Gasteiger partial charge < -0.3 is 5.32 Å². The Morgan fingerprint density at radius 3 is 2.05 bits per heavy atom. The van der Waals surface area contributed by atoms with Crippen LogP contribution in [0.5, 0.6) is 0 Å². The van der Waals surface area contributed by atoms with Gasteiger partial charge in [-0.3, -0.25) is 0 Å². The van der Waals surface area contributed by atoms with Crippen LogP contribution in [0.3, 0.4) is 0 Å². The lowest BCUT2D eigenvalue weighted by atomic mass is 9.87. The molecule has 0 aliphatic carbocycles. The maximum absolute atomic E-state index is 12.7. The molecule has 2 aliphatic heterocycles. The summed E-state index contributed by atoms with van der Waals surface area (Å²) in [6, 6.07) is 7.38. The Kier molecular flexibility index (Phi) is 3.62. The van der Waals surface area contributed by atoms with Crippen molar-refractivity contribution in [3.8, 4) is 0 Å². The summed E-state index contributed by atoms with van der Waals surface area (Å²) in [5.41, 5.74) is 1.20. The van der Waals surface area contributed by atoms with E-state index in [1.54, 1.807) is 16.4 Å². The molecule has 1 aromatic carbocycles. The van der Waals surface area contributed by atoms with Crippen LogP contribution in [0.15, 0.2) is 29.2 Å². The normalized spacial score (nSPS) is 27.0. The number of hydrogen-bond acceptors (Lipinski definition) is 3. The van der Waals surface area contributed by atoms with Crippen molar-refractivity contribution in [3.05, 3.63) is 29.8 Å². The van der Waals surface area contributed by atoms with Crippen molar-refractivity contribution in [2.45, 2.75) is 31.1 Å². The molecule has 0 amide bonds. The van der Waals surface area contributed by atoms with Crippen molar-refractivity contribution in [2.75, 3.05) is 26.2 Å². The van der Waals surface area contributed by atoms with Crippen molar-refractivity contribution in [1.82, 2.24) is 9.62 Å². The zero-order chi connectivity index (χ0) is 15.3. The first-order chi connectivity index (χ1) is 9.78. The van der Waals surface area contributed by atoms with Crippen molar-refractivity contribution in [3.63, 3.8) is 0 Å². The fraction of sp³-hybridized carbons (Fsp3) is 0.625. The monoisotopic (exact) mass is 308 g/mol. The number of nitrogens with zero attached hydrogens (tertiary/aromatic N) is 1. The topological polar surface area (TPSA) is 49.4 Å². The highest BCUT2D eigenvalue weighted by Crippen LogP contribution is 2.31. The Bertz CT molecular complexity index is 605. The standard InChI is InChI=1S/C16H24N2O2S/c1-16(2,3)14-4-6-15(7-5-14)21(19,20)18-10-12-8-17-9-13(12)11-18/h4-7,12-13,17H,8-11H2,1-3H3. The molecule has 116 valence electrons. The first-order valence-corrected chi connectivity index (χ1v) is 9.04. The number of rotatable bonds is 2. The highest BCUT2D eigenvalue weighted by atomic mass is 32.2. The molecule has 2 aliphatic rings. The van der Waals surface area contributed by atoms with Gasteiger partial charge in [0, 0.05) is 13.1 Å². The molecule has 5 heteroatoms. The number of fused-ring (bicyclic) bond motifs is 1. The average Bonchev–Trinajstić information content (AvgIpc) is 2.98. The average molecular weight is 308 g/mol. The van der Waals surface area contributed by atoms with Crippen molar-refractivity contribution in [1.29, 1.82) is 0 Å². The molecular formula is C16H24N2O2S. The first kappa shape index (κ1) is 15.0. The van der Waals surface area contributed by atoms with Crippen LogP contribution in [0.4, 0.5) is 0 Å². The van der Waals surface area contributed by atoms with Gasteiger partial charge in [-0.1, -0.05) is 32.9 Å². The number of benzene rings is 1. The maximum atomic E-state index is 12.7. The van der Waals surface area contributed by atoms with Crippen molar-refractivity contribution >= 4 is 10.0 Å². The molecule has 0 bridgehead atoms. The van der Waals surface area contributed by atoms with Crippen LogP contribution >= 0.6 is 0 Å². The van der Waals surface area contributed by atoms with E-state index < -0.39 is 10.0 Å². The van der Waals surface area contributed by atoms with Gasteiger partial charge in [0.15, 0.2) is 0 Å². The van der Waals surface area contributed by atoms with Gasteiger partial charge in [0.25, 0.3) is 0 Å². The van der Waals surface area contributed by atoms with Gasteiger partial charge >= 0.3 is 0 Å². The summed E-state index contributed by atoms with van der Waals surface area (Å²) in [7, 11) is -3.34. The predicted octanol–water partition coefficient (Wildman–Crippen LogP) is 1.82. The van der Waals surface area contributed by atoms with Crippen LogP contribution in [0, 0.1) is 11.8 Å². The van der Waals surface area contributed by atoms with Crippen molar-refractivity contribution in [2.24, 2.45) is 11.8 Å². The Morgan fingerprint density at radius 1 is 1.05 bits per heavy atom. The number of hydrogen-bond donors (Lipinski definition) is 1. The summed E-state index contributed by atoms with van der Waals surface area (Å²) < 4.78 is 27.1. The highest BCUT2D eigenvalue weighted by molar-refractivity contribution is 7.89. The van der Waals surface area contributed by atoms with Gasteiger partial charge in [-0.15, -0.1) is 0 Å². The van der Waals surface area contributed by atoms with Gasteiger partial charge in [-0.2, -0.15) is 4.31 Å². The molecule has 4 nitrogen and oxygen atoms in total. The minimum atomic E-state index is -3.34. The Labute approximate surface area is 127 Å². The van der Waals surface area contributed by atoms with Crippen LogP contribution in [-0.4, -0.2) is 38.9 Å². The molecule has 2 heterocycles. The smallest absolute Gasteiger partial charge is 0.243 e. The van der Waals surface area contributed by atoms with Crippen LogP contribution in [0.1, 0.15) is 26.3 Å². The minimum absolute atomic E-state index is 0.0403. The zero-order valence-corrected chi connectivity index (χ0v) is 13.8. The van der Waals surface area contributed by atoms with Crippen molar-refractivity contribution < 1.29 is 8.42 Å². The molecule has 2 fully saturated rings. The van der Waals surface area contributed by atoms with Crippen LogP contribution < -0.4 is 5.32 Å². The molecule has 2 saturated heterocycles. The Morgan fingerprint density at radius 2 is 1.57 bits per heavy atom. The minimum Gasteiger partial charge on any atom is -0.316 e. The summed E-state index contributed by atoms with van der Waals surface area (Å²) in [6.07, 6.45) is 0. The molecule has 3 rings (SSSR count). The predicted molar refractivity (Wildman–Crippen MR) is 83.8 cm³/mol. The van der Waals surface area contributed by atoms with Gasteiger partial charge in [-0.05, 0) is 48.0 Å². The first-order valence-electron chi connectivity index (χ1n) is 7.60. The fourth-order valence-electron chi connectivity index (χ4n) is 3.28. The molecule has 0 aromatic heterocycles. The highest BCUT2D eigenvalue weighted by Gasteiger charge is 2.41. The lowest BCUT2D eigenvalue weighted by molar-refractivity contribution is 0.448. The molecular weight excluding hydrogens is 284 g/mol.